The summed E-state index contributed by atoms with van der Waals surface area (Å²) in [7, 11) is -0.329. The zero-order valence-electron chi connectivity index (χ0n) is 21.2. The molecule has 0 fully saturated rings. The number of nitrogens with zero attached hydrogens (tertiary/aromatic N) is 2. The van der Waals surface area contributed by atoms with Gasteiger partial charge in [-0.2, -0.15) is 0 Å². The number of ether oxygens (including phenoxy) is 1. The maximum absolute atomic E-state index is 13.5. The number of halogens is 1. The number of hydrogen-bond acceptors (Lipinski definition) is 6. The minimum Gasteiger partial charge on any atom is -0.489 e. The van der Waals surface area contributed by atoms with Crippen LogP contribution in [0.3, 0.4) is 0 Å². The van der Waals surface area contributed by atoms with Gasteiger partial charge in [0.25, 0.3) is 5.91 Å². The van der Waals surface area contributed by atoms with Crippen LogP contribution < -0.4 is 14.4 Å². The van der Waals surface area contributed by atoms with Crippen LogP contribution in [0.2, 0.25) is 0 Å². The Balaban J connectivity index is 2.26. The standard InChI is InChI=1S/C26H32FN3O5S/c1-7-12-29(5)13-14-30(36(6,32)33)21-16-22-20(15-23(21)34-17(2)3)24(26(31)28-4)25(35-22)18-8-10-19(27)11-9-18/h7-11,15-17H,1,12-14H2,2-6H3,(H,28,31). The molecule has 10 heteroatoms. The minimum absolute atomic E-state index is 0.164. The van der Waals surface area contributed by atoms with E-state index in [0.717, 1.165) is 6.26 Å². The lowest BCUT2D eigenvalue weighted by molar-refractivity contribution is 0.0964. The van der Waals surface area contributed by atoms with Crippen LogP contribution in [0.15, 0.2) is 53.5 Å². The lowest BCUT2D eigenvalue weighted by Crippen LogP contribution is -2.37. The second-order valence-electron chi connectivity index (χ2n) is 8.76. The summed E-state index contributed by atoms with van der Waals surface area (Å²) in [4.78, 5) is 14.8. The molecule has 1 amide bonds. The molecular formula is C26H32FN3O5S. The van der Waals surface area contributed by atoms with Crippen LogP contribution in [0.5, 0.6) is 5.75 Å². The highest BCUT2D eigenvalue weighted by molar-refractivity contribution is 7.92. The first-order chi connectivity index (χ1) is 17.0. The lowest BCUT2D eigenvalue weighted by atomic mass is 10.0. The number of furan rings is 1. The predicted molar refractivity (Wildman–Crippen MR) is 141 cm³/mol. The third-order valence-electron chi connectivity index (χ3n) is 5.49. The third-order valence-corrected chi connectivity index (χ3v) is 6.67. The second kappa shape index (κ2) is 11.1. The van der Waals surface area contributed by atoms with Gasteiger partial charge in [-0.1, -0.05) is 6.08 Å². The highest BCUT2D eigenvalue weighted by Gasteiger charge is 2.28. The van der Waals surface area contributed by atoms with Gasteiger partial charge in [-0.3, -0.25) is 9.10 Å². The number of amides is 1. The van der Waals surface area contributed by atoms with Crippen LogP contribution in [0, 0.1) is 5.82 Å². The Hall–Kier alpha value is -3.37. The monoisotopic (exact) mass is 517 g/mol. The fraction of sp³-hybridized carbons (Fsp3) is 0.346. The van der Waals surface area contributed by atoms with Gasteiger partial charge in [-0.05, 0) is 51.2 Å². The third kappa shape index (κ3) is 6.06. The van der Waals surface area contributed by atoms with E-state index < -0.39 is 21.7 Å². The van der Waals surface area contributed by atoms with Crippen molar-refractivity contribution in [3.05, 3.63) is 60.4 Å². The maximum Gasteiger partial charge on any atom is 0.255 e. The molecule has 1 heterocycles. The van der Waals surface area contributed by atoms with Crippen molar-refractivity contribution in [3.63, 3.8) is 0 Å². The summed E-state index contributed by atoms with van der Waals surface area (Å²) in [6, 6.07) is 8.78. The Morgan fingerprint density at radius 2 is 1.89 bits per heavy atom. The van der Waals surface area contributed by atoms with E-state index >= 15 is 0 Å². The molecule has 36 heavy (non-hydrogen) atoms. The van der Waals surface area contributed by atoms with Gasteiger partial charge < -0.3 is 19.4 Å². The number of nitrogens with one attached hydrogen (secondary N) is 1. The molecule has 1 aromatic heterocycles. The molecule has 0 saturated heterocycles. The molecule has 0 aliphatic rings. The fourth-order valence-corrected chi connectivity index (χ4v) is 4.76. The molecule has 3 rings (SSSR count). The van der Waals surface area contributed by atoms with E-state index in [1.807, 2.05) is 25.8 Å². The summed E-state index contributed by atoms with van der Waals surface area (Å²) in [6.45, 7) is 8.58. The molecular weight excluding hydrogens is 485 g/mol. The van der Waals surface area contributed by atoms with Crippen LogP contribution in [0.1, 0.15) is 24.2 Å². The predicted octanol–water partition coefficient (Wildman–Crippen LogP) is 4.27. The number of fused-ring (bicyclic) bond motifs is 1. The molecule has 0 unspecified atom stereocenters. The molecule has 0 spiro atoms. The summed E-state index contributed by atoms with van der Waals surface area (Å²) in [5, 5.41) is 3.06. The van der Waals surface area contributed by atoms with Crippen molar-refractivity contribution in [2.24, 2.45) is 0 Å². The number of anilines is 1. The number of benzene rings is 2. The first kappa shape index (κ1) is 27.2. The van der Waals surface area contributed by atoms with Crippen LogP contribution in [-0.4, -0.2) is 65.3 Å². The molecule has 0 saturated carbocycles. The van der Waals surface area contributed by atoms with Crippen molar-refractivity contribution in [2.75, 3.05) is 44.3 Å². The van der Waals surface area contributed by atoms with Crippen LogP contribution >= 0.6 is 0 Å². The number of rotatable bonds is 11. The molecule has 2 aromatic carbocycles. The van der Waals surface area contributed by atoms with E-state index in [4.69, 9.17) is 9.15 Å². The molecule has 0 aliphatic carbocycles. The first-order valence-electron chi connectivity index (χ1n) is 11.5. The van der Waals surface area contributed by atoms with E-state index in [0.29, 0.717) is 41.1 Å². The Morgan fingerprint density at radius 3 is 2.44 bits per heavy atom. The topological polar surface area (TPSA) is 92.1 Å². The normalized spacial score (nSPS) is 11.8. The smallest absolute Gasteiger partial charge is 0.255 e. The van der Waals surface area contributed by atoms with E-state index in [-0.39, 0.29) is 24.0 Å². The minimum atomic E-state index is -3.70. The molecule has 1 N–H and O–H groups in total. The van der Waals surface area contributed by atoms with E-state index in [1.54, 1.807) is 18.2 Å². The zero-order chi connectivity index (χ0) is 26.6. The van der Waals surface area contributed by atoms with Crippen molar-refractivity contribution < 1.29 is 26.8 Å². The van der Waals surface area contributed by atoms with Crippen molar-refractivity contribution in [2.45, 2.75) is 20.0 Å². The lowest BCUT2D eigenvalue weighted by Gasteiger charge is -2.27. The highest BCUT2D eigenvalue weighted by Crippen LogP contribution is 2.41. The molecule has 0 bridgehead atoms. The average molecular weight is 518 g/mol. The Bertz CT molecular complexity index is 1350. The average Bonchev–Trinajstić information content (AvgIpc) is 3.16. The van der Waals surface area contributed by atoms with Crippen LogP contribution in [-0.2, 0) is 10.0 Å². The van der Waals surface area contributed by atoms with E-state index in [1.165, 1.54) is 35.6 Å². The molecule has 8 nitrogen and oxygen atoms in total. The van der Waals surface area contributed by atoms with Gasteiger partial charge in [0.2, 0.25) is 10.0 Å². The van der Waals surface area contributed by atoms with Crippen molar-refractivity contribution >= 4 is 32.6 Å². The van der Waals surface area contributed by atoms with Crippen molar-refractivity contribution in [3.8, 4) is 17.1 Å². The first-order valence-corrected chi connectivity index (χ1v) is 13.3. The molecule has 0 radical (unpaired) electrons. The fourth-order valence-electron chi connectivity index (χ4n) is 3.85. The number of carbonyl (C=O) groups is 1. The van der Waals surface area contributed by atoms with Crippen LogP contribution in [0.25, 0.3) is 22.3 Å². The maximum atomic E-state index is 13.5. The molecule has 3 aromatic rings. The van der Waals surface area contributed by atoms with Gasteiger partial charge in [-0.25, -0.2) is 12.8 Å². The summed E-state index contributed by atoms with van der Waals surface area (Å²) >= 11 is 0. The van der Waals surface area contributed by atoms with Crippen LogP contribution in [0.4, 0.5) is 10.1 Å². The Morgan fingerprint density at radius 1 is 1.22 bits per heavy atom. The Labute approximate surface area is 211 Å². The summed E-state index contributed by atoms with van der Waals surface area (Å²) in [6.07, 6.45) is 2.61. The van der Waals surface area contributed by atoms with Gasteiger partial charge in [-0.15, -0.1) is 6.58 Å². The summed E-state index contributed by atoms with van der Waals surface area (Å²) < 4.78 is 52.6. The van der Waals surface area contributed by atoms with E-state index in [2.05, 4.69) is 11.9 Å². The van der Waals surface area contributed by atoms with Gasteiger partial charge in [0, 0.05) is 43.7 Å². The number of likely N-dealkylation sites (N-methyl/N-ethyl adjacent to an activating group) is 1. The van der Waals surface area contributed by atoms with Gasteiger partial charge in [0.05, 0.1) is 23.6 Å². The summed E-state index contributed by atoms with van der Waals surface area (Å²) in [5.74, 6) is -0.279. The number of sulfonamides is 1. The number of carbonyl (C=O) groups excluding carboxylic acids is 1. The van der Waals surface area contributed by atoms with E-state index in [9.17, 15) is 17.6 Å². The Kier molecular flexibility index (Phi) is 8.42. The van der Waals surface area contributed by atoms with Gasteiger partial charge in [0.1, 0.15) is 22.9 Å². The van der Waals surface area contributed by atoms with Crippen molar-refractivity contribution in [1.29, 1.82) is 0 Å². The zero-order valence-corrected chi connectivity index (χ0v) is 22.0. The quantitative estimate of drug-likeness (QED) is 0.382. The SMILES string of the molecule is C=CCN(C)CCN(c1cc2oc(-c3ccc(F)cc3)c(C(=O)NC)c2cc1OC(C)C)S(C)(=O)=O. The number of hydrogen-bond donors (Lipinski definition) is 1. The molecule has 0 atom stereocenters. The molecule has 194 valence electrons. The highest BCUT2D eigenvalue weighted by atomic mass is 32.2. The van der Waals surface area contributed by atoms with Gasteiger partial charge in [0.15, 0.2) is 0 Å². The largest absolute Gasteiger partial charge is 0.489 e. The second-order valence-corrected chi connectivity index (χ2v) is 10.7. The summed E-state index contributed by atoms with van der Waals surface area (Å²) in [5.41, 5.74) is 1.35. The van der Waals surface area contributed by atoms with Crippen molar-refractivity contribution in [1.82, 2.24) is 10.2 Å². The molecule has 0 aliphatic heterocycles. The van der Waals surface area contributed by atoms with Gasteiger partial charge >= 0.3 is 0 Å².